The molecule has 6 nitrogen and oxygen atoms in total. The molecule has 2 aliphatic rings. The maximum Gasteiger partial charge on any atom is 0.120 e. The van der Waals surface area contributed by atoms with Crippen molar-refractivity contribution in [2.45, 2.75) is 12.2 Å². The van der Waals surface area contributed by atoms with Gasteiger partial charge in [-0.3, -0.25) is 0 Å². The Morgan fingerprint density at radius 1 is 0.929 bits per heavy atom. The molecule has 2 atom stereocenters. The van der Waals surface area contributed by atoms with E-state index in [9.17, 15) is 0 Å². The molecule has 3 heterocycles. The topological polar surface area (TPSA) is 61.3 Å². The lowest BCUT2D eigenvalue weighted by Crippen LogP contribution is -2.04. The third-order valence-corrected chi connectivity index (χ3v) is 4.90. The van der Waals surface area contributed by atoms with E-state index in [4.69, 9.17) is 30.5 Å². The van der Waals surface area contributed by atoms with Gasteiger partial charge < -0.3 is 18.9 Å². The van der Waals surface area contributed by atoms with Crippen LogP contribution in [-0.2, 0) is 9.47 Å². The Bertz CT molecular complexity index is 965. The standard InChI is InChI=1S/C21H19ClN2O4/c22-20-9-16(26-11-18-13-28-18)5-6-19(20)21-7-8-24(23-21)14-1-3-15(4-2-14)25-10-17-12-27-17/h1-9,17-18H,10-13H2. The maximum atomic E-state index is 6.45. The Labute approximate surface area is 167 Å². The van der Waals surface area contributed by atoms with Crippen molar-refractivity contribution in [1.29, 1.82) is 0 Å². The Balaban J connectivity index is 1.28. The van der Waals surface area contributed by atoms with E-state index in [-0.39, 0.29) is 12.2 Å². The lowest BCUT2D eigenvalue weighted by Gasteiger charge is -2.07. The van der Waals surface area contributed by atoms with Crippen LogP contribution in [0.25, 0.3) is 16.9 Å². The second-order valence-corrected chi connectivity index (χ2v) is 7.22. The maximum absolute atomic E-state index is 6.45. The SMILES string of the molecule is Clc1cc(OCC2CO2)ccc1-c1ccn(-c2ccc(OCC3CO3)cc2)n1. The molecule has 0 N–H and O–H groups in total. The number of rotatable bonds is 8. The minimum atomic E-state index is 0.216. The van der Waals surface area contributed by atoms with Crippen LogP contribution in [0, 0.1) is 0 Å². The third-order valence-electron chi connectivity index (χ3n) is 4.58. The number of nitrogens with zero attached hydrogens (tertiary/aromatic N) is 2. The van der Waals surface area contributed by atoms with Crippen molar-refractivity contribution >= 4 is 11.6 Å². The van der Waals surface area contributed by atoms with Gasteiger partial charge >= 0.3 is 0 Å². The van der Waals surface area contributed by atoms with Gasteiger partial charge in [-0.1, -0.05) is 11.6 Å². The summed E-state index contributed by atoms with van der Waals surface area (Å²) in [6, 6.07) is 15.4. The van der Waals surface area contributed by atoms with Crippen LogP contribution in [0.4, 0.5) is 0 Å². The van der Waals surface area contributed by atoms with E-state index in [1.807, 2.05) is 59.4 Å². The van der Waals surface area contributed by atoms with Crippen LogP contribution in [0.1, 0.15) is 0 Å². The van der Waals surface area contributed by atoms with Crippen LogP contribution < -0.4 is 9.47 Å². The quantitative estimate of drug-likeness (QED) is 0.541. The van der Waals surface area contributed by atoms with Gasteiger partial charge in [0.2, 0.25) is 0 Å². The Kier molecular flexibility index (Phi) is 4.68. The zero-order chi connectivity index (χ0) is 18.9. The third kappa shape index (κ3) is 4.14. The molecule has 3 aromatic rings. The van der Waals surface area contributed by atoms with Gasteiger partial charge in [-0.2, -0.15) is 5.10 Å². The number of hydrogen-bond donors (Lipinski definition) is 0. The van der Waals surface area contributed by atoms with Gasteiger partial charge in [0.15, 0.2) is 0 Å². The van der Waals surface area contributed by atoms with Crippen molar-refractivity contribution < 1.29 is 18.9 Å². The molecule has 2 saturated heterocycles. The molecule has 1 aromatic heterocycles. The predicted molar refractivity (Wildman–Crippen MR) is 104 cm³/mol. The van der Waals surface area contributed by atoms with Crippen molar-refractivity contribution in [3.05, 3.63) is 59.8 Å². The Hall–Kier alpha value is -2.54. The zero-order valence-corrected chi connectivity index (χ0v) is 15.8. The molecule has 7 heteroatoms. The summed E-state index contributed by atoms with van der Waals surface area (Å²) in [4.78, 5) is 0. The van der Waals surface area contributed by atoms with Gasteiger partial charge in [-0.25, -0.2) is 4.68 Å². The number of benzene rings is 2. The molecule has 144 valence electrons. The molecule has 0 spiro atoms. The number of ether oxygens (including phenoxy) is 4. The Morgan fingerprint density at radius 3 is 2.21 bits per heavy atom. The summed E-state index contributed by atoms with van der Waals surface area (Å²) < 4.78 is 23.5. The van der Waals surface area contributed by atoms with E-state index in [1.165, 1.54) is 0 Å². The number of epoxide rings is 2. The largest absolute Gasteiger partial charge is 0.491 e. The van der Waals surface area contributed by atoms with E-state index in [0.717, 1.165) is 41.7 Å². The van der Waals surface area contributed by atoms with Gasteiger partial charge in [0, 0.05) is 11.8 Å². The first kappa shape index (κ1) is 17.6. The lowest BCUT2D eigenvalue weighted by atomic mass is 10.1. The summed E-state index contributed by atoms with van der Waals surface area (Å²) in [5.74, 6) is 1.55. The first-order chi connectivity index (χ1) is 13.7. The van der Waals surface area contributed by atoms with E-state index < -0.39 is 0 Å². The molecule has 0 aliphatic carbocycles. The molecule has 5 rings (SSSR count). The fourth-order valence-corrected chi connectivity index (χ4v) is 3.07. The molecule has 0 bridgehead atoms. The van der Waals surface area contributed by atoms with Gasteiger partial charge in [0.25, 0.3) is 0 Å². The lowest BCUT2D eigenvalue weighted by molar-refractivity contribution is 0.263. The summed E-state index contributed by atoms with van der Waals surface area (Å²) in [5.41, 5.74) is 2.61. The van der Waals surface area contributed by atoms with Crippen molar-refractivity contribution in [3.8, 4) is 28.4 Å². The van der Waals surface area contributed by atoms with Gasteiger partial charge in [0.1, 0.15) is 36.9 Å². The van der Waals surface area contributed by atoms with Crippen LogP contribution in [0.3, 0.4) is 0 Å². The highest BCUT2D eigenvalue weighted by Crippen LogP contribution is 2.31. The Morgan fingerprint density at radius 2 is 1.57 bits per heavy atom. The fraction of sp³-hybridized carbons (Fsp3) is 0.286. The second-order valence-electron chi connectivity index (χ2n) is 6.81. The average molecular weight is 399 g/mol. The van der Waals surface area contributed by atoms with Gasteiger partial charge in [0.05, 0.1) is 29.6 Å². The van der Waals surface area contributed by atoms with Gasteiger partial charge in [-0.15, -0.1) is 0 Å². The van der Waals surface area contributed by atoms with Crippen LogP contribution in [0.2, 0.25) is 5.02 Å². The number of halogens is 1. The molecule has 2 fully saturated rings. The summed E-state index contributed by atoms with van der Waals surface area (Å²) in [5, 5.41) is 5.25. The minimum absolute atomic E-state index is 0.216. The summed E-state index contributed by atoms with van der Waals surface area (Å²) in [6.45, 7) is 2.71. The highest BCUT2D eigenvalue weighted by Gasteiger charge is 2.23. The predicted octanol–water partition coefficient (Wildman–Crippen LogP) is 3.75. The molecule has 28 heavy (non-hydrogen) atoms. The first-order valence-electron chi connectivity index (χ1n) is 9.19. The van der Waals surface area contributed by atoms with Crippen molar-refractivity contribution in [1.82, 2.24) is 9.78 Å². The number of aromatic nitrogens is 2. The van der Waals surface area contributed by atoms with E-state index in [0.29, 0.717) is 18.2 Å². The smallest absolute Gasteiger partial charge is 0.120 e. The summed E-state index contributed by atoms with van der Waals surface area (Å²) in [7, 11) is 0. The van der Waals surface area contributed by atoms with Crippen LogP contribution >= 0.6 is 11.6 Å². The van der Waals surface area contributed by atoms with E-state index in [1.54, 1.807) is 0 Å². The zero-order valence-electron chi connectivity index (χ0n) is 15.1. The van der Waals surface area contributed by atoms with Crippen LogP contribution in [-0.4, -0.2) is 48.4 Å². The van der Waals surface area contributed by atoms with E-state index in [2.05, 4.69) is 5.10 Å². The normalized spacial score (nSPS) is 20.0. The van der Waals surface area contributed by atoms with E-state index >= 15 is 0 Å². The molecule has 0 amide bonds. The molecule has 0 saturated carbocycles. The molecular weight excluding hydrogens is 380 g/mol. The highest BCUT2D eigenvalue weighted by molar-refractivity contribution is 6.33. The summed E-state index contributed by atoms with van der Waals surface area (Å²) in [6.07, 6.45) is 2.37. The molecule has 0 radical (unpaired) electrons. The highest BCUT2D eigenvalue weighted by atomic mass is 35.5. The second kappa shape index (κ2) is 7.47. The molecular formula is C21H19ClN2O4. The monoisotopic (exact) mass is 398 g/mol. The van der Waals surface area contributed by atoms with Crippen molar-refractivity contribution in [2.75, 3.05) is 26.4 Å². The van der Waals surface area contributed by atoms with Gasteiger partial charge in [-0.05, 0) is 48.5 Å². The van der Waals surface area contributed by atoms with Crippen molar-refractivity contribution in [2.24, 2.45) is 0 Å². The van der Waals surface area contributed by atoms with Crippen LogP contribution in [0.5, 0.6) is 11.5 Å². The minimum Gasteiger partial charge on any atom is -0.491 e. The molecule has 2 aromatic carbocycles. The average Bonchev–Trinajstić information content (AvgIpc) is 3.65. The summed E-state index contributed by atoms with van der Waals surface area (Å²) >= 11 is 6.45. The van der Waals surface area contributed by atoms with Crippen molar-refractivity contribution in [3.63, 3.8) is 0 Å². The van der Waals surface area contributed by atoms with Crippen LogP contribution in [0.15, 0.2) is 54.7 Å². The number of hydrogen-bond acceptors (Lipinski definition) is 5. The first-order valence-corrected chi connectivity index (χ1v) is 9.57. The molecule has 2 aliphatic heterocycles. The fourth-order valence-electron chi connectivity index (χ4n) is 2.81. The molecule has 2 unspecified atom stereocenters.